The molecule has 0 amide bonds. The van der Waals surface area contributed by atoms with E-state index in [2.05, 4.69) is 15.1 Å². The van der Waals surface area contributed by atoms with Gasteiger partial charge in [-0.3, -0.25) is 4.98 Å². The zero-order chi connectivity index (χ0) is 21.2. The molecule has 0 atom stereocenters. The molecule has 0 radical (unpaired) electrons. The number of alkyl halides is 6. The van der Waals surface area contributed by atoms with Gasteiger partial charge in [-0.15, -0.1) is 5.10 Å². The molecule has 0 saturated carbocycles. The minimum Gasteiger partial charge on any atom is -0.264 e. The largest absolute Gasteiger partial charge is 0.416 e. The molecule has 0 aliphatic carbocycles. The molecular formula is C18H9F6N5. The molecule has 29 heavy (non-hydrogen) atoms. The summed E-state index contributed by atoms with van der Waals surface area (Å²) in [6.45, 7) is 0. The van der Waals surface area contributed by atoms with Gasteiger partial charge in [0.05, 0.1) is 16.7 Å². The number of nitrogens with zero attached hydrogens (tertiary/aromatic N) is 5. The van der Waals surface area contributed by atoms with Crippen molar-refractivity contribution < 1.29 is 26.3 Å². The maximum Gasteiger partial charge on any atom is 0.416 e. The minimum absolute atomic E-state index is 0.0244. The van der Waals surface area contributed by atoms with E-state index in [1.165, 1.54) is 18.6 Å². The summed E-state index contributed by atoms with van der Waals surface area (Å²) < 4.78 is 79.0. The first-order chi connectivity index (χ1) is 13.6. The van der Waals surface area contributed by atoms with Crippen LogP contribution in [0.3, 0.4) is 0 Å². The summed E-state index contributed by atoms with van der Waals surface area (Å²) in [6, 6.07) is 6.19. The van der Waals surface area contributed by atoms with Gasteiger partial charge in [0.1, 0.15) is 12.4 Å². The lowest BCUT2D eigenvalue weighted by Crippen LogP contribution is -2.11. The van der Waals surface area contributed by atoms with E-state index in [9.17, 15) is 31.6 Å². The van der Waals surface area contributed by atoms with Crippen LogP contribution < -0.4 is 0 Å². The normalized spacial score (nSPS) is 12.7. The zero-order valence-corrected chi connectivity index (χ0v) is 14.2. The van der Waals surface area contributed by atoms with Crippen molar-refractivity contribution in [3.63, 3.8) is 0 Å². The minimum atomic E-state index is -4.98. The molecule has 0 fully saturated rings. The van der Waals surface area contributed by atoms with Gasteiger partial charge in [0.25, 0.3) is 0 Å². The number of aromatic nitrogens is 4. The highest BCUT2D eigenvalue weighted by atomic mass is 19.4. The van der Waals surface area contributed by atoms with E-state index in [0.29, 0.717) is 17.7 Å². The molecule has 0 aliphatic heterocycles. The molecular weight excluding hydrogens is 400 g/mol. The predicted octanol–water partition coefficient (Wildman–Crippen LogP) is 4.90. The van der Waals surface area contributed by atoms with Gasteiger partial charge in [-0.1, -0.05) is 6.07 Å². The number of hydrogen-bond acceptors (Lipinski definition) is 4. The van der Waals surface area contributed by atoms with Gasteiger partial charge < -0.3 is 0 Å². The average Bonchev–Trinajstić information content (AvgIpc) is 3.14. The summed E-state index contributed by atoms with van der Waals surface area (Å²) in [5, 5.41) is 13.1. The molecule has 0 saturated heterocycles. The number of hydrogen-bond donors (Lipinski definition) is 0. The highest BCUT2D eigenvalue weighted by Gasteiger charge is 2.37. The zero-order valence-electron chi connectivity index (χ0n) is 14.2. The summed E-state index contributed by atoms with van der Waals surface area (Å²) in [5.74, 6) is -0.360. The number of pyridine rings is 1. The van der Waals surface area contributed by atoms with Crippen LogP contribution in [0.4, 0.5) is 26.3 Å². The molecule has 11 heteroatoms. The first kappa shape index (κ1) is 20.1. The summed E-state index contributed by atoms with van der Waals surface area (Å²) in [7, 11) is 0. The van der Waals surface area contributed by atoms with Gasteiger partial charge in [0.15, 0.2) is 5.82 Å². The average molecular weight is 409 g/mol. The fraction of sp³-hybridized carbons (Fsp3) is 0.111. The van der Waals surface area contributed by atoms with Crippen LogP contribution in [0, 0.1) is 11.3 Å². The van der Waals surface area contributed by atoms with E-state index in [-0.39, 0.29) is 17.5 Å². The van der Waals surface area contributed by atoms with E-state index >= 15 is 0 Å². The molecule has 2 aromatic heterocycles. The van der Waals surface area contributed by atoms with Crippen LogP contribution in [0.2, 0.25) is 0 Å². The summed E-state index contributed by atoms with van der Waals surface area (Å²) in [5.41, 5.74) is -2.83. The van der Waals surface area contributed by atoms with Crippen molar-refractivity contribution in [2.24, 2.45) is 0 Å². The Hall–Kier alpha value is -3.68. The van der Waals surface area contributed by atoms with Gasteiger partial charge in [-0.25, -0.2) is 9.67 Å². The van der Waals surface area contributed by atoms with E-state index in [4.69, 9.17) is 0 Å². The first-order valence-corrected chi connectivity index (χ1v) is 7.81. The molecule has 0 N–H and O–H groups in total. The number of allylic oxidation sites excluding steroid dienone is 1. The Morgan fingerprint density at radius 1 is 1.03 bits per heavy atom. The second-order valence-corrected chi connectivity index (χ2v) is 5.74. The van der Waals surface area contributed by atoms with Crippen molar-refractivity contribution in [2.75, 3.05) is 0 Å². The predicted molar refractivity (Wildman–Crippen MR) is 89.5 cm³/mol. The lowest BCUT2D eigenvalue weighted by Gasteiger charge is -2.13. The molecule has 3 aromatic rings. The van der Waals surface area contributed by atoms with Crippen molar-refractivity contribution in [3.8, 4) is 17.5 Å². The quantitative estimate of drug-likeness (QED) is 0.456. The summed E-state index contributed by atoms with van der Waals surface area (Å²) in [6.07, 6.45) is -4.75. The Morgan fingerprint density at radius 2 is 1.69 bits per heavy atom. The molecule has 0 unspecified atom stereocenters. The van der Waals surface area contributed by atoms with Crippen LogP contribution in [0.15, 0.2) is 49.1 Å². The lowest BCUT2D eigenvalue weighted by molar-refractivity contribution is -0.143. The van der Waals surface area contributed by atoms with E-state index in [0.717, 1.165) is 11.0 Å². The Balaban J connectivity index is 2.04. The molecule has 1 aromatic carbocycles. The Kier molecular flexibility index (Phi) is 5.11. The fourth-order valence-electron chi connectivity index (χ4n) is 2.38. The SMILES string of the molecule is N#C/C(=C\n1cnc(-c2cc(C(F)(F)F)cc(C(F)(F)F)c2)n1)c1cccnc1. The molecule has 0 bridgehead atoms. The molecule has 5 nitrogen and oxygen atoms in total. The van der Waals surface area contributed by atoms with Crippen LogP contribution in [-0.4, -0.2) is 19.7 Å². The summed E-state index contributed by atoms with van der Waals surface area (Å²) in [4.78, 5) is 7.62. The van der Waals surface area contributed by atoms with Gasteiger partial charge in [-0.05, 0) is 24.3 Å². The topological polar surface area (TPSA) is 67.4 Å². The second kappa shape index (κ2) is 7.38. The van der Waals surface area contributed by atoms with E-state index in [1.54, 1.807) is 12.1 Å². The monoisotopic (exact) mass is 409 g/mol. The standard InChI is InChI=1S/C18H9F6N5/c19-17(20,21)14-4-12(5-15(6-14)18(22,23)24)16-27-10-29(28-16)9-13(7-25)11-2-1-3-26-8-11/h1-6,8-10H/b13-9+. The van der Waals surface area contributed by atoms with Gasteiger partial charge >= 0.3 is 12.4 Å². The van der Waals surface area contributed by atoms with E-state index in [1.807, 2.05) is 6.07 Å². The number of benzene rings is 1. The molecule has 148 valence electrons. The smallest absolute Gasteiger partial charge is 0.264 e. The maximum atomic E-state index is 13.0. The van der Waals surface area contributed by atoms with Crippen molar-refractivity contribution in [2.45, 2.75) is 12.4 Å². The van der Waals surface area contributed by atoms with Crippen molar-refractivity contribution in [3.05, 3.63) is 65.7 Å². The summed E-state index contributed by atoms with van der Waals surface area (Å²) >= 11 is 0. The van der Waals surface area contributed by atoms with Crippen LogP contribution >= 0.6 is 0 Å². The highest BCUT2D eigenvalue weighted by molar-refractivity contribution is 5.84. The molecule has 0 aliphatic rings. The number of rotatable bonds is 3. The Labute approximate surface area is 159 Å². The van der Waals surface area contributed by atoms with Crippen LogP contribution in [0.5, 0.6) is 0 Å². The first-order valence-electron chi connectivity index (χ1n) is 7.81. The highest BCUT2D eigenvalue weighted by Crippen LogP contribution is 2.38. The van der Waals surface area contributed by atoms with Crippen molar-refractivity contribution in [1.29, 1.82) is 5.26 Å². The van der Waals surface area contributed by atoms with Crippen LogP contribution in [0.25, 0.3) is 23.2 Å². The third-order valence-corrected chi connectivity index (χ3v) is 3.71. The van der Waals surface area contributed by atoms with Crippen molar-refractivity contribution >= 4 is 11.8 Å². The van der Waals surface area contributed by atoms with Crippen molar-refractivity contribution in [1.82, 2.24) is 19.7 Å². The number of halogens is 6. The fourth-order valence-corrected chi connectivity index (χ4v) is 2.38. The lowest BCUT2D eigenvalue weighted by atomic mass is 10.0. The molecule has 0 spiro atoms. The van der Waals surface area contributed by atoms with E-state index < -0.39 is 29.0 Å². The molecule has 3 rings (SSSR count). The number of nitriles is 1. The third-order valence-electron chi connectivity index (χ3n) is 3.71. The third kappa shape index (κ3) is 4.60. The van der Waals surface area contributed by atoms with Crippen LogP contribution in [0.1, 0.15) is 16.7 Å². The van der Waals surface area contributed by atoms with Gasteiger partial charge in [0.2, 0.25) is 0 Å². The maximum absolute atomic E-state index is 13.0. The Bertz CT molecular complexity index is 1060. The second-order valence-electron chi connectivity index (χ2n) is 5.74. The van der Waals surface area contributed by atoms with Crippen LogP contribution in [-0.2, 0) is 12.4 Å². The van der Waals surface area contributed by atoms with Gasteiger partial charge in [-0.2, -0.15) is 31.6 Å². The Morgan fingerprint density at radius 3 is 2.21 bits per heavy atom. The van der Waals surface area contributed by atoms with Gasteiger partial charge in [0, 0.05) is 29.7 Å². The molecule has 2 heterocycles.